The van der Waals surface area contributed by atoms with Crippen LogP contribution in [0.25, 0.3) is 0 Å². The molecule has 8 nitrogen and oxygen atoms in total. The van der Waals surface area contributed by atoms with Crippen molar-refractivity contribution in [3.8, 4) is 5.75 Å². The molecule has 0 saturated heterocycles. The van der Waals surface area contributed by atoms with Crippen molar-refractivity contribution in [2.24, 2.45) is 0 Å². The Kier molecular flexibility index (Phi) is 12.9. The third-order valence-electron chi connectivity index (χ3n) is 8.92. The summed E-state index contributed by atoms with van der Waals surface area (Å²) >= 11 is 16.7. The molecule has 0 radical (unpaired) electrons. The van der Waals surface area contributed by atoms with E-state index in [1.54, 1.807) is 48.5 Å². The first-order valence-electron chi connectivity index (χ1n) is 16.5. The van der Waals surface area contributed by atoms with E-state index < -0.39 is 28.5 Å². The van der Waals surface area contributed by atoms with Gasteiger partial charge in [0.1, 0.15) is 18.3 Å². The van der Waals surface area contributed by atoms with Gasteiger partial charge in [-0.1, -0.05) is 96.6 Å². The molecule has 4 aromatic carbocycles. The molecular formula is C38H40BrCl2N3O5S. The molecule has 4 aromatic rings. The second-order valence-electron chi connectivity index (χ2n) is 12.4. The fourth-order valence-corrected chi connectivity index (χ4v) is 8.78. The van der Waals surface area contributed by atoms with Crippen molar-refractivity contribution in [1.29, 1.82) is 0 Å². The number of ether oxygens (including phenoxy) is 1. The van der Waals surface area contributed by atoms with E-state index in [0.29, 0.717) is 25.8 Å². The van der Waals surface area contributed by atoms with Crippen molar-refractivity contribution in [3.63, 3.8) is 0 Å². The van der Waals surface area contributed by atoms with Crippen molar-refractivity contribution in [2.45, 2.75) is 69.0 Å². The number of sulfonamides is 1. The molecule has 50 heavy (non-hydrogen) atoms. The summed E-state index contributed by atoms with van der Waals surface area (Å²) < 4.78 is 35.7. The van der Waals surface area contributed by atoms with Gasteiger partial charge >= 0.3 is 0 Å². The van der Waals surface area contributed by atoms with Gasteiger partial charge in [0.25, 0.3) is 10.0 Å². The first-order chi connectivity index (χ1) is 24.0. The molecular weight excluding hydrogens is 761 g/mol. The van der Waals surface area contributed by atoms with E-state index in [2.05, 4.69) is 21.2 Å². The molecule has 1 aliphatic carbocycles. The number of anilines is 1. The third-order valence-corrected chi connectivity index (χ3v) is 12.0. The summed E-state index contributed by atoms with van der Waals surface area (Å²) in [6.45, 7) is 1.17. The maximum Gasteiger partial charge on any atom is 0.264 e. The summed E-state index contributed by atoms with van der Waals surface area (Å²) in [5.74, 6) is -0.462. The summed E-state index contributed by atoms with van der Waals surface area (Å²) in [6, 6.07) is 24.8. The minimum absolute atomic E-state index is 0.0201. The predicted molar refractivity (Wildman–Crippen MR) is 202 cm³/mol. The zero-order chi connectivity index (χ0) is 35.8. The molecule has 5 rings (SSSR count). The first-order valence-corrected chi connectivity index (χ1v) is 19.5. The summed E-state index contributed by atoms with van der Waals surface area (Å²) in [7, 11) is -2.82. The van der Waals surface area contributed by atoms with Crippen LogP contribution in [-0.4, -0.2) is 50.9 Å². The van der Waals surface area contributed by atoms with Crippen LogP contribution in [0.1, 0.15) is 48.8 Å². The van der Waals surface area contributed by atoms with Crippen molar-refractivity contribution in [1.82, 2.24) is 10.2 Å². The van der Waals surface area contributed by atoms with Crippen LogP contribution in [0.2, 0.25) is 10.0 Å². The normalized spacial score (nSPS) is 14.1. The average Bonchev–Trinajstić information content (AvgIpc) is 3.11. The number of hydrogen-bond donors (Lipinski definition) is 1. The molecule has 1 N–H and O–H groups in total. The monoisotopic (exact) mass is 799 g/mol. The van der Waals surface area contributed by atoms with Gasteiger partial charge in [-0.15, -0.1) is 0 Å². The molecule has 0 aliphatic heterocycles. The number of carbonyl (C=O) groups is 2. The Bertz CT molecular complexity index is 1890. The maximum absolute atomic E-state index is 14.8. The molecule has 0 spiro atoms. The van der Waals surface area contributed by atoms with Gasteiger partial charge in [-0.2, -0.15) is 0 Å². The molecule has 264 valence electrons. The van der Waals surface area contributed by atoms with Crippen molar-refractivity contribution < 1.29 is 22.7 Å². The van der Waals surface area contributed by atoms with Gasteiger partial charge < -0.3 is 15.0 Å². The van der Waals surface area contributed by atoms with E-state index in [-0.39, 0.29) is 35.5 Å². The fourth-order valence-electron chi connectivity index (χ4n) is 6.13. The van der Waals surface area contributed by atoms with Crippen LogP contribution >= 0.6 is 39.1 Å². The second kappa shape index (κ2) is 17.1. The van der Waals surface area contributed by atoms with E-state index in [1.165, 1.54) is 24.1 Å². The van der Waals surface area contributed by atoms with Crippen LogP contribution < -0.4 is 14.4 Å². The van der Waals surface area contributed by atoms with Gasteiger partial charge in [-0.25, -0.2) is 8.42 Å². The lowest BCUT2D eigenvalue weighted by Gasteiger charge is -2.35. The highest BCUT2D eigenvalue weighted by molar-refractivity contribution is 9.10. The Hall–Kier alpha value is -3.57. The second-order valence-corrected chi connectivity index (χ2v) is 15.9. The predicted octanol–water partition coefficient (Wildman–Crippen LogP) is 8.36. The molecule has 1 saturated carbocycles. The van der Waals surface area contributed by atoms with E-state index in [4.69, 9.17) is 27.9 Å². The molecule has 1 aliphatic rings. The van der Waals surface area contributed by atoms with E-state index in [9.17, 15) is 18.0 Å². The number of benzene rings is 4. The maximum atomic E-state index is 14.8. The first kappa shape index (κ1) is 37.7. The van der Waals surface area contributed by atoms with Crippen molar-refractivity contribution in [2.75, 3.05) is 18.0 Å². The largest absolute Gasteiger partial charge is 0.496 e. The number of nitrogens with one attached hydrogen (secondary N) is 1. The van der Waals surface area contributed by atoms with Crippen molar-refractivity contribution in [3.05, 3.63) is 122 Å². The quantitative estimate of drug-likeness (QED) is 0.147. The number of carbonyl (C=O) groups excluding carboxylic acids is 2. The fraction of sp³-hybridized carbons (Fsp3) is 0.316. The molecule has 0 unspecified atom stereocenters. The van der Waals surface area contributed by atoms with Crippen molar-refractivity contribution >= 4 is 66.7 Å². The Morgan fingerprint density at radius 3 is 2.20 bits per heavy atom. The number of rotatable bonds is 13. The summed E-state index contributed by atoms with van der Waals surface area (Å²) in [5.41, 5.74) is 2.50. The van der Waals surface area contributed by atoms with Gasteiger partial charge in [0.2, 0.25) is 11.8 Å². The van der Waals surface area contributed by atoms with Gasteiger partial charge in [0, 0.05) is 34.6 Å². The third kappa shape index (κ3) is 9.20. The molecule has 1 atom stereocenters. The van der Waals surface area contributed by atoms with Gasteiger partial charge in [-0.05, 0) is 83.7 Å². The van der Waals surface area contributed by atoms with Gasteiger partial charge in [0.15, 0.2) is 0 Å². The Labute approximate surface area is 312 Å². The molecule has 1 fully saturated rings. The summed E-state index contributed by atoms with van der Waals surface area (Å²) in [4.78, 5) is 30.5. The summed E-state index contributed by atoms with van der Waals surface area (Å²) in [5, 5.41) is 3.86. The molecule has 12 heteroatoms. The topological polar surface area (TPSA) is 96.0 Å². The summed E-state index contributed by atoms with van der Waals surface area (Å²) in [6.07, 6.45) is 5.03. The van der Waals surface area contributed by atoms with Crippen LogP contribution in [0.5, 0.6) is 5.75 Å². The lowest BCUT2D eigenvalue weighted by molar-refractivity contribution is -0.140. The molecule has 2 amide bonds. The highest BCUT2D eigenvalue weighted by Crippen LogP contribution is 2.32. The highest BCUT2D eigenvalue weighted by atomic mass is 79.9. The molecule has 0 bridgehead atoms. The Balaban J connectivity index is 1.60. The van der Waals surface area contributed by atoms with E-state index in [1.807, 2.05) is 37.3 Å². The standard InChI is InChI=1S/C38H40BrCl2N3O5S/c1-26-16-18-29(19-17-26)44(50(47,48)30-20-21-36(49-2)32(39)23-30)25-37(45)43(24-31-33(40)14-9-15-34(31)41)35(22-27-10-5-3-6-11-27)38(46)42-28-12-7-4-8-13-28/h3,5-6,9-11,14-21,23,28,35H,4,7-8,12-13,22,24-25H2,1-2H3,(H,42,46)/t35-/m1/s1. The minimum Gasteiger partial charge on any atom is -0.496 e. The van der Waals surface area contributed by atoms with Gasteiger partial charge in [-0.3, -0.25) is 13.9 Å². The smallest absolute Gasteiger partial charge is 0.264 e. The molecule has 0 aromatic heterocycles. The van der Waals surface area contributed by atoms with Crippen LogP contribution in [0, 0.1) is 6.92 Å². The Morgan fingerprint density at radius 2 is 1.58 bits per heavy atom. The zero-order valence-electron chi connectivity index (χ0n) is 27.9. The van der Waals surface area contributed by atoms with Crippen LogP contribution in [0.3, 0.4) is 0 Å². The lowest BCUT2D eigenvalue weighted by atomic mass is 9.94. The molecule has 0 heterocycles. The number of hydrogen-bond acceptors (Lipinski definition) is 5. The number of nitrogens with zero attached hydrogens (tertiary/aromatic N) is 2. The SMILES string of the molecule is COc1ccc(S(=O)(=O)N(CC(=O)N(Cc2c(Cl)cccc2Cl)[C@H](Cc2ccccc2)C(=O)NC2CCCCC2)c2ccc(C)cc2)cc1Br. The zero-order valence-corrected chi connectivity index (χ0v) is 31.9. The van der Waals surface area contributed by atoms with E-state index >= 15 is 0 Å². The minimum atomic E-state index is -4.31. The van der Waals surface area contributed by atoms with Crippen LogP contribution in [-0.2, 0) is 32.6 Å². The highest BCUT2D eigenvalue weighted by Gasteiger charge is 2.36. The van der Waals surface area contributed by atoms with E-state index in [0.717, 1.165) is 47.5 Å². The number of amides is 2. The average molecular weight is 802 g/mol. The van der Waals surface area contributed by atoms with Crippen LogP contribution in [0.4, 0.5) is 5.69 Å². The number of methoxy groups -OCH3 is 1. The number of halogens is 3. The van der Waals surface area contributed by atoms with Crippen LogP contribution in [0.15, 0.2) is 100 Å². The lowest BCUT2D eigenvalue weighted by Crippen LogP contribution is -2.55. The van der Waals surface area contributed by atoms with Gasteiger partial charge in [0.05, 0.1) is 22.2 Å². The Morgan fingerprint density at radius 1 is 0.920 bits per heavy atom. The number of aryl methyl sites for hydroxylation is 1.